The number of hydrogen-bond acceptors (Lipinski definition) is 4. The molecule has 1 aromatic rings. The van der Waals surface area contributed by atoms with Crippen molar-refractivity contribution in [2.45, 2.75) is 32.2 Å². The molecule has 1 aliphatic heterocycles. The van der Waals surface area contributed by atoms with Crippen LogP contribution in [0.3, 0.4) is 0 Å². The van der Waals surface area contributed by atoms with Crippen LogP contribution in [0.25, 0.3) is 0 Å². The molecule has 3 atom stereocenters. The first-order valence-electron chi connectivity index (χ1n) is 7.32. The number of anilines is 1. The quantitative estimate of drug-likeness (QED) is 0.844. The summed E-state index contributed by atoms with van der Waals surface area (Å²) in [4.78, 5) is 18.4. The van der Waals surface area contributed by atoms with Crippen LogP contribution >= 0.6 is 0 Å². The molecule has 1 saturated carbocycles. The molecule has 1 aliphatic carbocycles. The van der Waals surface area contributed by atoms with Crippen molar-refractivity contribution in [3.05, 3.63) is 23.4 Å². The molecule has 0 radical (unpaired) electrons. The molecule has 1 saturated heterocycles. The summed E-state index contributed by atoms with van der Waals surface area (Å²) in [6.45, 7) is 3.84. The van der Waals surface area contributed by atoms with Gasteiger partial charge in [0.15, 0.2) is 0 Å². The fraction of sp³-hybridized carbons (Fsp3) is 0.600. The van der Waals surface area contributed by atoms with Gasteiger partial charge in [0.1, 0.15) is 5.82 Å². The largest absolute Gasteiger partial charge is 0.365 e. The molecule has 20 heavy (non-hydrogen) atoms. The molecule has 4 N–H and O–H groups in total. The van der Waals surface area contributed by atoms with E-state index in [2.05, 4.69) is 9.88 Å². The second-order valence-electron chi connectivity index (χ2n) is 6.19. The Labute approximate surface area is 119 Å². The third kappa shape index (κ3) is 2.38. The number of aromatic nitrogens is 1. The number of aryl methyl sites for hydroxylation is 1. The Kier molecular flexibility index (Phi) is 3.38. The highest BCUT2D eigenvalue weighted by Crippen LogP contribution is 2.38. The number of amides is 1. The molecule has 0 bridgehead atoms. The Morgan fingerprint density at radius 2 is 2.05 bits per heavy atom. The molecular weight excluding hydrogens is 252 g/mol. The van der Waals surface area contributed by atoms with Crippen molar-refractivity contribution in [3.8, 4) is 0 Å². The summed E-state index contributed by atoms with van der Waals surface area (Å²) < 4.78 is 0. The van der Waals surface area contributed by atoms with Gasteiger partial charge in [0.05, 0.1) is 5.56 Å². The molecule has 0 aromatic carbocycles. The molecule has 2 aliphatic rings. The lowest BCUT2D eigenvalue weighted by atomic mass is 9.79. The smallest absolute Gasteiger partial charge is 0.252 e. The van der Waals surface area contributed by atoms with Crippen LogP contribution < -0.4 is 16.4 Å². The highest BCUT2D eigenvalue weighted by Gasteiger charge is 2.38. The number of hydrogen-bond donors (Lipinski definition) is 2. The summed E-state index contributed by atoms with van der Waals surface area (Å²) >= 11 is 0. The van der Waals surface area contributed by atoms with Crippen molar-refractivity contribution in [1.82, 2.24) is 4.98 Å². The topological polar surface area (TPSA) is 85.2 Å². The number of fused-ring (bicyclic) bond motifs is 1. The van der Waals surface area contributed by atoms with E-state index in [1.54, 1.807) is 6.07 Å². The highest BCUT2D eigenvalue weighted by atomic mass is 16.1. The molecule has 2 fully saturated rings. The van der Waals surface area contributed by atoms with Gasteiger partial charge in [-0.25, -0.2) is 4.98 Å². The van der Waals surface area contributed by atoms with Gasteiger partial charge in [0.2, 0.25) is 0 Å². The van der Waals surface area contributed by atoms with E-state index in [-0.39, 0.29) is 0 Å². The first-order valence-corrected chi connectivity index (χ1v) is 7.32. The number of rotatable bonds is 2. The second-order valence-corrected chi connectivity index (χ2v) is 6.19. The molecule has 108 valence electrons. The van der Waals surface area contributed by atoms with E-state index < -0.39 is 5.91 Å². The zero-order chi connectivity index (χ0) is 14.3. The van der Waals surface area contributed by atoms with E-state index in [9.17, 15) is 4.79 Å². The lowest BCUT2D eigenvalue weighted by Gasteiger charge is -2.27. The third-order valence-corrected chi connectivity index (χ3v) is 4.67. The zero-order valence-electron chi connectivity index (χ0n) is 11.9. The molecular formula is C15H22N4O. The van der Waals surface area contributed by atoms with Crippen LogP contribution in [0.15, 0.2) is 12.1 Å². The lowest BCUT2D eigenvalue weighted by Crippen LogP contribution is -2.32. The average molecular weight is 274 g/mol. The van der Waals surface area contributed by atoms with Crippen molar-refractivity contribution in [3.63, 3.8) is 0 Å². The van der Waals surface area contributed by atoms with E-state index in [1.807, 2.05) is 13.0 Å². The van der Waals surface area contributed by atoms with Crippen LogP contribution in [-0.2, 0) is 0 Å². The predicted molar refractivity (Wildman–Crippen MR) is 78.5 cm³/mol. The van der Waals surface area contributed by atoms with Gasteiger partial charge in [-0.05, 0) is 50.2 Å². The number of pyridine rings is 1. The molecule has 3 rings (SSSR count). The van der Waals surface area contributed by atoms with Crippen LogP contribution in [0.1, 0.15) is 35.3 Å². The molecule has 1 unspecified atom stereocenters. The molecule has 5 heteroatoms. The predicted octanol–water partition coefficient (Wildman–Crippen LogP) is 1.05. The number of carbonyl (C=O) groups excluding carboxylic acids is 1. The molecule has 2 heterocycles. The summed E-state index contributed by atoms with van der Waals surface area (Å²) in [6, 6.07) is 3.95. The summed E-state index contributed by atoms with van der Waals surface area (Å²) in [7, 11) is 0. The number of nitrogens with two attached hydrogens (primary N) is 2. The summed E-state index contributed by atoms with van der Waals surface area (Å²) in [5.74, 6) is 1.65. The van der Waals surface area contributed by atoms with Crippen LogP contribution in [0.4, 0.5) is 5.82 Å². The van der Waals surface area contributed by atoms with Gasteiger partial charge in [-0.2, -0.15) is 0 Å². The minimum absolute atomic E-state index is 0.331. The zero-order valence-corrected chi connectivity index (χ0v) is 11.9. The van der Waals surface area contributed by atoms with Crippen molar-refractivity contribution >= 4 is 11.7 Å². The average Bonchev–Trinajstić information content (AvgIpc) is 2.81. The maximum atomic E-state index is 11.6. The first kappa shape index (κ1) is 13.4. The highest BCUT2D eigenvalue weighted by molar-refractivity contribution is 5.97. The maximum Gasteiger partial charge on any atom is 0.252 e. The fourth-order valence-electron chi connectivity index (χ4n) is 3.62. The van der Waals surface area contributed by atoms with E-state index in [4.69, 9.17) is 11.5 Å². The lowest BCUT2D eigenvalue weighted by molar-refractivity contribution is 0.100. The van der Waals surface area contributed by atoms with Crippen molar-refractivity contribution in [2.24, 2.45) is 23.3 Å². The van der Waals surface area contributed by atoms with Crippen molar-refractivity contribution < 1.29 is 4.79 Å². The van der Waals surface area contributed by atoms with E-state index in [0.29, 0.717) is 23.4 Å². The van der Waals surface area contributed by atoms with Crippen LogP contribution in [0.5, 0.6) is 0 Å². The Bertz CT molecular complexity index is 531. The number of carbonyl (C=O) groups is 1. The fourth-order valence-corrected chi connectivity index (χ4v) is 3.62. The minimum atomic E-state index is -0.404. The van der Waals surface area contributed by atoms with Gasteiger partial charge in [0, 0.05) is 24.8 Å². The summed E-state index contributed by atoms with van der Waals surface area (Å²) in [5.41, 5.74) is 13.0. The van der Waals surface area contributed by atoms with Gasteiger partial charge in [0.25, 0.3) is 5.91 Å². The maximum absolute atomic E-state index is 11.6. The molecule has 5 nitrogen and oxygen atoms in total. The Hall–Kier alpha value is -1.62. The third-order valence-electron chi connectivity index (χ3n) is 4.67. The van der Waals surface area contributed by atoms with E-state index in [1.165, 1.54) is 6.42 Å². The van der Waals surface area contributed by atoms with Crippen molar-refractivity contribution in [2.75, 3.05) is 18.0 Å². The molecule has 1 amide bonds. The van der Waals surface area contributed by atoms with E-state index >= 15 is 0 Å². The van der Waals surface area contributed by atoms with E-state index in [0.717, 1.165) is 37.4 Å². The standard InChI is InChI=1S/C15H22N4O/c1-9-2-5-13(14(17)20)15(18-9)19-7-10-3-4-12(16)6-11(10)8-19/h2,5,10-12H,3-4,6-8,16H2,1H3,(H2,17,20)/t10-,11+,12?/m1/s1. The summed E-state index contributed by atoms with van der Waals surface area (Å²) in [6.07, 6.45) is 3.37. The number of nitrogens with zero attached hydrogens (tertiary/aromatic N) is 2. The minimum Gasteiger partial charge on any atom is -0.365 e. The van der Waals surface area contributed by atoms with Gasteiger partial charge in [-0.1, -0.05) is 0 Å². The van der Waals surface area contributed by atoms with Gasteiger partial charge in [-0.3, -0.25) is 4.79 Å². The molecule has 1 aromatic heterocycles. The SMILES string of the molecule is Cc1ccc(C(N)=O)c(N2C[C@H]3CCC(N)C[C@H]3C2)n1. The monoisotopic (exact) mass is 274 g/mol. The van der Waals surface area contributed by atoms with Crippen LogP contribution in [0.2, 0.25) is 0 Å². The summed E-state index contributed by atoms with van der Waals surface area (Å²) in [5, 5.41) is 0. The Morgan fingerprint density at radius 3 is 2.80 bits per heavy atom. The Balaban J connectivity index is 1.87. The second kappa shape index (κ2) is 5.05. The normalized spacial score (nSPS) is 29.3. The van der Waals surface area contributed by atoms with Gasteiger partial charge in [-0.15, -0.1) is 0 Å². The Morgan fingerprint density at radius 1 is 1.30 bits per heavy atom. The van der Waals surface area contributed by atoms with Gasteiger partial charge >= 0.3 is 0 Å². The van der Waals surface area contributed by atoms with Crippen LogP contribution in [-0.4, -0.2) is 30.0 Å². The van der Waals surface area contributed by atoms with Gasteiger partial charge < -0.3 is 16.4 Å². The molecule has 0 spiro atoms. The first-order chi connectivity index (χ1) is 9.54. The number of primary amides is 1. The van der Waals surface area contributed by atoms with Crippen LogP contribution in [0, 0.1) is 18.8 Å². The van der Waals surface area contributed by atoms with Crippen molar-refractivity contribution in [1.29, 1.82) is 0 Å².